The van der Waals surface area contributed by atoms with Crippen LogP contribution in [0.1, 0.15) is 50.7 Å². The Morgan fingerprint density at radius 1 is 0.400 bits per heavy atom. The Kier molecular flexibility index (Phi) is 10.5. The molecule has 1 N–H and O–H groups in total. The van der Waals surface area contributed by atoms with E-state index in [4.69, 9.17) is 29.7 Å². The van der Waals surface area contributed by atoms with Crippen LogP contribution >= 0.6 is 0 Å². The van der Waals surface area contributed by atoms with Gasteiger partial charge in [-0.3, -0.25) is 0 Å². The van der Waals surface area contributed by atoms with Crippen molar-refractivity contribution < 1.29 is 4.74 Å². The maximum Gasteiger partial charge on any atom is 0.164 e. The average molecular weight is 963 g/mol. The number of benzene rings is 10. The van der Waals surface area contributed by atoms with Gasteiger partial charge in [-0.05, 0) is 63.6 Å². The van der Waals surface area contributed by atoms with Crippen molar-refractivity contribution in [2.45, 2.75) is 18.5 Å². The normalized spacial score (nSPS) is 15.8. The lowest BCUT2D eigenvalue weighted by atomic mass is 9.65. The van der Waals surface area contributed by atoms with E-state index in [1.165, 1.54) is 5.56 Å². The van der Waals surface area contributed by atoms with Crippen molar-refractivity contribution in [3.05, 3.63) is 293 Å². The Hall–Kier alpha value is -9.85. The van der Waals surface area contributed by atoms with Crippen molar-refractivity contribution in [1.29, 1.82) is 0 Å². The molecule has 2 unspecified atom stereocenters. The molecule has 0 fully saturated rings. The number of aryl methyl sites for hydroxylation is 1. The standard InChI is InChI=1S/C68H46N6O/c1-43-33-35-44(36-34-43)50-37-39-53-58(41-50)68(56-31-18-30-54(60(53)56)67-73-64(48-25-13-5-14-26-48)70-65(74-67)49-27-15-6-16-28-49)55-40-38-51(42-59(55)75-61-52(29-17-32-57(61)68)45-19-7-2-8-20-45)66-71-62(46-21-9-3-10-22-46)69-63(72-66)47-23-11-4-12-24-47/h2-42,64H,1H3,(H,70,73,74). The summed E-state index contributed by atoms with van der Waals surface area (Å²) in [5, 5.41) is 3.68. The summed E-state index contributed by atoms with van der Waals surface area (Å²) >= 11 is 0. The highest BCUT2D eigenvalue weighted by Crippen LogP contribution is 2.64. The van der Waals surface area contributed by atoms with E-state index in [1.54, 1.807) is 0 Å². The van der Waals surface area contributed by atoms with Crippen LogP contribution in [0.2, 0.25) is 0 Å². The summed E-state index contributed by atoms with van der Waals surface area (Å²) in [6, 6.07) is 87.0. The molecular weight excluding hydrogens is 917 g/mol. The number of amidine groups is 2. The van der Waals surface area contributed by atoms with Crippen molar-refractivity contribution >= 4 is 11.7 Å². The summed E-state index contributed by atoms with van der Waals surface area (Å²) in [6.45, 7) is 2.13. The zero-order valence-electron chi connectivity index (χ0n) is 40.9. The van der Waals surface area contributed by atoms with Gasteiger partial charge in [0, 0.05) is 44.5 Å². The fourth-order valence-electron chi connectivity index (χ4n) is 11.2. The molecule has 2 atom stereocenters. The summed E-state index contributed by atoms with van der Waals surface area (Å²) in [6.07, 6.45) is -0.375. The zero-order chi connectivity index (χ0) is 49.9. The van der Waals surface area contributed by atoms with Crippen LogP contribution in [0.3, 0.4) is 0 Å². The van der Waals surface area contributed by atoms with E-state index >= 15 is 0 Å². The molecule has 7 heteroatoms. The monoisotopic (exact) mass is 962 g/mol. The van der Waals surface area contributed by atoms with Crippen LogP contribution in [-0.4, -0.2) is 26.6 Å². The molecule has 7 nitrogen and oxygen atoms in total. The highest BCUT2D eigenvalue weighted by Gasteiger charge is 2.53. The van der Waals surface area contributed by atoms with Crippen molar-refractivity contribution in [3.63, 3.8) is 0 Å². The molecule has 354 valence electrons. The van der Waals surface area contributed by atoms with Gasteiger partial charge in [0.2, 0.25) is 0 Å². The Morgan fingerprint density at radius 2 is 0.947 bits per heavy atom. The Balaban J connectivity index is 1.05. The molecule has 3 heterocycles. The van der Waals surface area contributed by atoms with E-state index in [9.17, 15) is 0 Å². The number of hydrogen-bond donors (Lipinski definition) is 1. The lowest BCUT2D eigenvalue weighted by molar-refractivity contribution is 0.438. The van der Waals surface area contributed by atoms with Gasteiger partial charge in [0.1, 0.15) is 23.5 Å². The maximum atomic E-state index is 7.45. The smallest absolute Gasteiger partial charge is 0.164 e. The molecule has 1 aromatic heterocycles. The first kappa shape index (κ1) is 43.9. The van der Waals surface area contributed by atoms with Gasteiger partial charge in [-0.1, -0.05) is 242 Å². The largest absolute Gasteiger partial charge is 0.456 e. The second-order valence-corrected chi connectivity index (χ2v) is 19.2. The first-order chi connectivity index (χ1) is 37.1. The van der Waals surface area contributed by atoms with Gasteiger partial charge in [0.25, 0.3) is 0 Å². The first-order valence-electron chi connectivity index (χ1n) is 25.3. The highest BCUT2D eigenvalue weighted by molar-refractivity contribution is 6.16. The van der Waals surface area contributed by atoms with Gasteiger partial charge < -0.3 is 10.1 Å². The molecule has 0 radical (unpaired) electrons. The van der Waals surface area contributed by atoms with Crippen LogP contribution in [0.25, 0.3) is 67.5 Å². The predicted molar refractivity (Wildman–Crippen MR) is 301 cm³/mol. The molecule has 0 saturated heterocycles. The zero-order valence-corrected chi connectivity index (χ0v) is 40.9. The Labute approximate surface area is 435 Å². The minimum absolute atomic E-state index is 0.375. The molecule has 2 aliphatic heterocycles. The minimum Gasteiger partial charge on any atom is -0.456 e. The SMILES string of the molecule is Cc1ccc(-c2ccc3c(c2)C2(c4ccc(-c5nc(-c6ccccc6)nc(-c6ccccc6)n5)cc4Oc4c(-c5ccccc5)cccc42)c2cccc(C4=NC(c5ccccc5)NC(c5ccccc5)=N4)c2-3)cc1. The van der Waals surface area contributed by atoms with Crippen LogP contribution in [-0.2, 0) is 5.41 Å². The number of nitrogens with zero attached hydrogens (tertiary/aromatic N) is 5. The van der Waals surface area contributed by atoms with Crippen molar-refractivity contribution in [1.82, 2.24) is 20.3 Å². The molecule has 14 rings (SSSR count). The van der Waals surface area contributed by atoms with Gasteiger partial charge in [-0.15, -0.1) is 0 Å². The summed E-state index contributed by atoms with van der Waals surface area (Å²) in [4.78, 5) is 26.3. The van der Waals surface area contributed by atoms with Crippen molar-refractivity contribution in [3.8, 4) is 79.0 Å². The van der Waals surface area contributed by atoms with Gasteiger partial charge in [-0.25, -0.2) is 24.9 Å². The average Bonchev–Trinajstić information content (AvgIpc) is 3.92. The van der Waals surface area contributed by atoms with E-state index in [1.807, 2.05) is 72.8 Å². The molecule has 0 bridgehead atoms. The summed E-state index contributed by atoms with van der Waals surface area (Å²) in [7, 11) is 0. The second kappa shape index (κ2) is 18.0. The molecule has 75 heavy (non-hydrogen) atoms. The third-order valence-electron chi connectivity index (χ3n) is 14.8. The number of ether oxygens (including phenoxy) is 1. The highest BCUT2D eigenvalue weighted by atomic mass is 16.5. The third-order valence-corrected chi connectivity index (χ3v) is 14.8. The molecule has 0 amide bonds. The van der Waals surface area contributed by atoms with Crippen molar-refractivity contribution in [2.75, 3.05) is 0 Å². The quantitative estimate of drug-likeness (QED) is 0.164. The predicted octanol–water partition coefficient (Wildman–Crippen LogP) is 15.5. The van der Waals surface area contributed by atoms with E-state index in [2.05, 4.69) is 188 Å². The summed E-state index contributed by atoms with van der Waals surface area (Å²) in [5.41, 5.74) is 16.7. The van der Waals surface area contributed by atoms with Gasteiger partial charge in [0.05, 0.1) is 5.41 Å². The van der Waals surface area contributed by atoms with Crippen molar-refractivity contribution in [2.24, 2.45) is 9.98 Å². The number of hydrogen-bond acceptors (Lipinski definition) is 7. The number of para-hydroxylation sites is 1. The van der Waals surface area contributed by atoms with Crippen LogP contribution in [0, 0.1) is 6.92 Å². The molecule has 0 saturated carbocycles. The van der Waals surface area contributed by atoms with E-state index in [-0.39, 0.29) is 6.17 Å². The lowest BCUT2D eigenvalue weighted by Crippen LogP contribution is -2.34. The van der Waals surface area contributed by atoms with Crippen LogP contribution < -0.4 is 10.1 Å². The molecular formula is C68H46N6O. The van der Waals surface area contributed by atoms with E-state index in [0.717, 1.165) is 101 Å². The number of nitrogens with one attached hydrogen (secondary N) is 1. The maximum absolute atomic E-state index is 7.45. The third kappa shape index (κ3) is 7.47. The van der Waals surface area contributed by atoms with E-state index in [0.29, 0.717) is 29.1 Å². The topological polar surface area (TPSA) is 84.7 Å². The molecule has 1 aliphatic carbocycles. The van der Waals surface area contributed by atoms with Crippen LogP contribution in [0.15, 0.2) is 259 Å². The summed E-state index contributed by atoms with van der Waals surface area (Å²) in [5.74, 6) is 4.65. The molecule has 10 aromatic carbocycles. The number of aromatic nitrogens is 3. The Bertz CT molecular complexity index is 3990. The van der Waals surface area contributed by atoms with Crippen LogP contribution in [0.5, 0.6) is 11.5 Å². The van der Waals surface area contributed by atoms with Gasteiger partial charge >= 0.3 is 0 Å². The first-order valence-corrected chi connectivity index (χ1v) is 25.3. The molecule has 11 aromatic rings. The van der Waals surface area contributed by atoms with E-state index < -0.39 is 5.41 Å². The molecule has 1 spiro atoms. The number of fused-ring (bicyclic) bond motifs is 9. The fourth-order valence-corrected chi connectivity index (χ4v) is 11.2. The number of aliphatic imine (C=N–C) groups is 2. The number of rotatable bonds is 8. The fraction of sp³-hybridized carbons (Fsp3) is 0.0441. The Morgan fingerprint density at radius 3 is 1.60 bits per heavy atom. The minimum atomic E-state index is -0.880. The summed E-state index contributed by atoms with van der Waals surface area (Å²) < 4.78 is 7.45. The molecule has 3 aliphatic rings. The second-order valence-electron chi connectivity index (χ2n) is 19.2. The van der Waals surface area contributed by atoms with Gasteiger partial charge in [-0.2, -0.15) is 0 Å². The lowest BCUT2D eigenvalue weighted by Gasteiger charge is -2.40. The van der Waals surface area contributed by atoms with Crippen LogP contribution in [0.4, 0.5) is 0 Å². The van der Waals surface area contributed by atoms with Gasteiger partial charge in [0.15, 0.2) is 23.3 Å².